The summed E-state index contributed by atoms with van der Waals surface area (Å²) in [5.74, 6) is -0.463. The maximum atomic E-state index is 12.9. The van der Waals surface area contributed by atoms with Crippen LogP contribution in [-0.4, -0.2) is 36.8 Å². The largest absolute Gasteiger partial charge is 0.508 e. The Balaban J connectivity index is 1.88. The van der Waals surface area contributed by atoms with Crippen LogP contribution in [0.15, 0.2) is 47.4 Å². The van der Waals surface area contributed by atoms with Crippen molar-refractivity contribution in [3.63, 3.8) is 0 Å². The molecular formula is C18H19ClN2O4S. The van der Waals surface area contributed by atoms with Crippen LogP contribution in [-0.2, 0) is 10.0 Å². The first-order valence-electron chi connectivity index (χ1n) is 8.28. The zero-order valence-corrected chi connectivity index (χ0v) is 15.6. The highest BCUT2D eigenvalue weighted by molar-refractivity contribution is 7.89. The van der Waals surface area contributed by atoms with Gasteiger partial charge in [-0.15, -0.1) is 0 Å². The third-order valence-electron chi connectivity index (χ3n) is 4.23. The van der Waals surface area contributed by atoms with E-state index in [1.165, 1.54) is 34.6 Å². The minimum Gasteiger partial charge on any atom is -0.508 e. The highest BCUT2D eigenvalue weighted by Gasteiger charge is 2.28. The second kappa shape index (κ2) is 7.65. The summed E-state index contributed by atoms with van der Waals surface area (Å²) < 4.78 is 27.1. The van der Waals surface area contributed by atoms with Crippen LogP contribution >= 0.6 is 11.6 Å². The first-order chi connectivity index (χ1) is 12.4. The van der Waals surface area contributed by atoms with E-state index >= 15 is 0 Å². The number of rotatable bonds is 4. The summed E-state index contributed by atoms with van der Waals surface area (Å²) in [7, 11) is -3.75. The number of carbonyl (C=O) groups is 1. The molecule has 0 aromatic heterocycles. The normalized spacial score (nSPS) is 15.6. The van der Waals surface area contributed by atoms with Crippen LogP contribution in [0.1, 0.15) is 29.6 Å². The molecule has 0 unspecified atom stereocenters. The molecule has 0 bridgehead atoms. The zero-order valence-electron chi connectivity index (χ0n) is 14.0. The van der Waals surface area contributed by atoms with Gasteiger partial charge < -0.3 is 10.4 Å². The fraction of sp³-hybridized carbons (Fsp3) is 0.278. The van der Waals surface area contributed by atoms with E-state index in [9.17, 15) is 18.3 Å². The standard InChI is InChI=1S/C18H19ClN2O4S/c19-16-8-7-13(18(23)20-14-5-4-6-15(22)12-14)11-17(16)26(24,25)21-9-2-1-3-10-21/h4-8,11-12,22H,1-3,9-10H2,(H,20,23). The molecule has 1 heterocycles. The average molecular weight is 395 g/mol. The highest BCUT2D eigenvalue weighted by atomic mass is 35.5. The monoisotopic (exact) mass is 394 g/mol. The Morgan fingerprint density at radius 3 is 2.50 bits per heavy atom. The number of benzene rings is 2. The van der Waals surface area contributed by atoms with Gasteiger partial charge in [-0.2, -0.15) is 4.31 Å². The maximum Gasteiger partial charge on any atom is 0.255 e. The van der Waals surface area contributed by atoms with Crippen molar-refractivity contribution >= 4 is 33.2 Å². The summed E-state index contributed by atoms with van der Waals surface area (Å²) in [6.07, 6.45) is 2.63. The van der Waals surface area contributed by atoms with Crippen molar-refractivity contribution in [2.24, 2.45) is 0 Å². The molecule has 3 rings (SSSR count). The Hall–Kier alpha value is -2.09. The van der Waals surface area contributed by atoms with E-state index in [1.54, 1.807) is 12.1 Å². The van der Waals surface area contributed by atoms with Crippen molar-refractivity contribution in [2.75, 3.05) is 18.4 Å². The van der Waals surface area contributed by atoms with Crippen molar-refractivity contribution in [2.45, 2.75) is 24.2 Å². The minimum absolute atomic E-state index is 0.0206. The van der Waals surface area contributed by atoms with Crippen LogP contribution in [0.4, 0.5) is 5.69 Å². The Labute approximate surface area is 157 Å². The number of amides is 1. The summed E-state index contributed by atoms with van der Waals surface area (Å²) in [6.45, 7) is 0.913. The number of hydrogen-bond acceptors (Lipinski definition) is 4. The molecule has 2 aromatic carbocycles. The van der Waals surface area contributed by atoms with E-state index in [2.05, 4.69) is 5.32 Å². The second-order valence-corrected chi connectivity index (χ2v) is 8.43. The Morgan fingerprint density at radius 1 is 1.08 bits per heavy atom. The number of anilines is 1. The number of nitrogens with zero attached hydrogens (tertiary/aromatic N) is 1. The number of sulfonamides is 1. The predicted molar refractivity (Wildman–Crippen MR) is 100 cm³/mol. The molecule has 0 spiro atoms. The molecule has 2 N–H and O–H groups in total. The van der Waals surface area contributed by atoms with Gasteiger partial charge in [0.15, 0.2) is 0 Å². The molecule has 1 aliphatic rings. The number of piperidine rings is 1. The third-order valence-corrected chi connectivity index (χ3v) is 6.61. The van der Waals surface area contributed by atoms with E-state index in [0.29, 0.717) is 18.8 Å². The van der Waals surface area contributed by atoms with Gasteiger partial charge in [-0.1, -0.05) is 24.1 Å². The smallest absolute Gasteiger partial charge is 0.255 e. The number of aromatic hydroxyl groups is 1. The summed E-state index contributed by atoms with van der Waals surface area (Å²) in [5, 5.41) is 12.2. The van der Waals surface area contributed by atoms with E-state index < -0.39 is 15.9 Å². The minimum atomic E-state index is -3.75. The molecule has 1 saturated heterocycles. The summed E-state index contributed by atoms with van der Waals surface area (Å²) in [6, 6.07) is 10.3. The van der Waals surface area contributed by atoms with Crippen LogP contribution in [0, 0.1) is 0 Å². The summed E-state index contributed by atoms with van der Waals surface area (Å²) in [5.41, 5.74) is 0.582. The molecule has 8 heteroatoms. The predicted octanol–water partition coefficient (Wildman–Crippen LogP) is 3.47. The van der Waals surface area contributed by atoms with Crippen LogP contribution in [0.5, 0.6) is 5.75 Å². The lowest BCUT2D eigenvalue weighted by molar-refractivity contribution is 0.102. The van der Waals surface area contributed by atoms with Gasteiger partial charge >= 0.3 is 0 Å². The molecule has 2 aromatic rings. The van der Waals surface area contributed by atoms with Crippen LogP contribution in [0.3, 0.4) is 0 Å². The molecule has 138 valence electrons. The van der Waals surface area contributed by atoms with Gasteiger partial charge in [-0.05, 0) is 43.2 Å². The van der Waals surface area contributed by atoms with Crippen LogP contribution < -0.4 is 5.32 Å². The van der Waals surface area contributed by atoms with Crippen molar-refractivity contribution in [3.8, 4) is 5.75 Å². The van der Waals surface area contributed by atoms with E-state index in [1.807, 2.05) is 0 Å². The first-order valence-corrected chi connectivity index (χ1v) is 10.1. The molecular weight excluding hydrogens is 376 g/mol. The van der Waals surface area contributed by atoms with Gasteiger partial charge in [0.2, 0.25) is 10.0 Å². The topological polar surface area (TPSA) is 86.7 Å². The number of phenolic OH excluding ortho intramolecular Hbond substituents is 1. The third kappa shape index (κ3) is 4.00. The fourth-order valence-corrected chi connectivity index (χ4v) is 4.89. The van der Waals surface area contributed by atoms with Crippen molar-refractivity contribution in [1.82, 2.24) is 4.31 Å². The van der Waals surface area contributed by atoms with Gasteiger partial charge in [0.25, 0.3) is 5.91 Å². The fourth-order valence-electron chi connectivity index (χ4n) is 2.87. The Bertz CT molecular complexity index is 925. The zero-order chi connectivity index (χ0) is 18.7. The quantitative estimate of drug-likeness (QED) is 0.831. The number of carbonyl (C=O) groups excluding carboxylic acids is 1. The van der Waals surface area contributed by atoms with Crippen molar-refractivity contribution in [3.05, 3.63) is 53.1 Å². The van der Waals surface area contributed by atoms with Crippen LogP contribution in [0.25, 0.3) is 0 Å². The number of phenols is 1. The molecule has 26 heavy (non-hydrogen) atoms. The molecule has 1 amide bonds. The lowest BCUT2D eigenvalue weighted by Crippen LogP contribution is -2.35. The van der Waals surface area contributed by atoms with E-state index in [-0.39, 0.29) is 21.2 Å². The summed E-state index contributed by atoms with van der Waals surface area (Å²) >= 11 is 6.12. The molecule has 0 radical (unpaired) electrons. The van der Waals surface area contributed by atoms with E-state index in [0.717, 1.165) is 19.3 Å². The number of halogens is 1. The van der Waals surface area contributed by atoms with Gasteiger partial charge in [0, 0.05) is 30.4 Å². The van der Waals surface area contributed by atoms with Crippen molar-refractivity contribution < 1.29 is 18.3 Å². The molecule has 1 aliphatic heterocycles. The highest BCUT2D eigenvalue weighted by Crippen LogP contribution is 2.28. The van der Waals surface area contributed by atoms with Crippen molar-refractivity contribution in [1.29, 1.82) is 0 Å². The first kappa shape index (κ1) is 18.7. The number of hydrogen-bond donors (Lipinski definition) is 2. The van der Waals surface area contributed by atoms with Crippen LogP contribution in [0.2, 0.25) is 5.02 Å². The van der Waals surface area contributed by atoms with Gasteiger partial charge in [0.1, 0.15) is 10.6 Å². The lowest BCUT2D eigenvalue weighted by atomic mass is 10.2. The number of nitrogens with one attached hydrogen (secondary N) is 1. The average Bonchev–Trinajstić information content (AvgIpc) is 2.62. The SMILES string of the molecule is O=C(Nc1cccc(O)c1)c1ccc(Cl)c(S(=O)(=O)N2CCCCC2)c1. The van der Waals surface area contributed by atoms with Gasteiger partial charge in [0.05, 0.1) is 5.02 Å². The molecule has 0 aliphatic carbocycles. The molecule has 1 fully saturated rings. The Morgan fingerprint density at radius 2 is 1.81 bits per heavy atom. The maximum absolute atomic E-state index is 12.9. The van der Waals surface area contributed by atoms with Gasteiger partial charge in [-0.3, -0.25) is 4.79 Å². The lowest BCUT2D eigenvalue weighted by Gasteiger charge is -2.26. The molecule has 0 saturated carbocycles. The second-order valence-electron chi connectivity index (χ2n) is 6.11. The van der Waals surface area contributed by atoms with E-state index in [4.69, 9.17) is 11.6 Å². The Kier molecular flexibility index (Phi) is 5.50. The summed E-state index contributed by atoms with van der Waals surface area (Å²) in [4.78, 5) is 12.4. The molecule has 6 nitrogen and oxygen atoms in total. The van der Waals surface area contributed by atoms with Gasteiger partial charge in [-0.25, -0.2) is 8.42 Å². The molecule has 0 atom stereocenters.